The Morgan fingerprint density at radius 1 is 1.12 bits per heavy atom. The van der Waals surface area contributed by atoms with E-state index >= 15 is 0 Å². The summed E-state index contributed by atoms with van der Waals surface area (Å²) in [7, 11) is 4.10. The van der Waals surface area contributed by atoms with Crippen LogP contribution >= 0.6 is 12.2 Å². The molecule has 0 bridgehead atoms. The molecule has 4 rings (SSSR count). The number of hydrogen-bond donors (Lipinski definition) is 2. The Morgan fingerprint density at radius 3 is 2.50 bits per heavy atom. The molecule has 1 saturated heterocycles. The molecule has 3 aromatic rings. The normalized spacial score (nSPS) is 18.2. The molecule has 2 aromatic heterocycles. The molecule has 0 spiro atoms. The predicted octanol–water partition coefficient (Wildman–Crippen LogP) is 3.91. The van der Waals surface area contributed by atoms with Crippen LogP contribution in [0.5, 0.6) is 0 Å². The number of benzene rings is 1. The van der Waals surface area contributed by atoms with Gasteiger partial charge < -0.3 is 24.8 Å². The van der Waals surface area contributed by atoms with Gasteiger partial charge >= 0.3 is 0 Å². The molecule has 0 unspecified atom stereocenters. The van der Waals surface area contributed by atoms with Crippen molar-refractivity contribution in [3.63, 3.8) is 0 Å². The van der Waals surface area contributed by atoms with Crippen LogP contribution in [0.15, 0.2) is 54.7 Å². The Labute approximate surface area is 195 Å². The molecule has 0 radical (unpaired) electrons. The van der Waals surface area contributed by atoms with E-state index in [1.807, 2.05) is 38.5 Å². The first-order valence-corrected chi connectivity index (χ1v) is 11.4. The maximum atomic E-state index is 9.46. The molecule has 2 N–H and O–H groups in total. The molecule has 1 fully saturated rings. The van der Waals surface area contributed by atoms with E-state index in [2.05, 4.69) is 68.8 Å². The highest BCUT2D eigenvalue weighted by Gasteiger charge is 2.41. The van der Waals surface area contributed by atoms with Crippen molar-refractivity contribution in [3.05, 3.63) is 77.4 Å². The SMILES string of the molecule is Cc1cc([C@H]2[C@H](c3ccccn3)NC(=S)N2CCCO)c(C)n1-c1ccc(N(C)C)cc1. The van der Waals surface area contributed by atoms with Crippen molar-refractivity contribution in [2.75, 3.05) is 32.1 Å². The monoisotopic (exact) mass is 449 g/mol. The summed E-state index contributed by atoms with van der Waals surface area (Å²) in [5, 5.41) is 13.7. The molecule has 6 nitrogen and oxygen atoms in total. The Hall–Kier alpha value is -2.90. The van der Waals surface area contributed by atoms with E-state index in [0.717, 1.165) is 11.4 Å². The van der Waals surface area contributed by atoms with E-state index in [0.29, 0.717) is 18.1 Å². The number of pyridine rings is 1. The molecular formula is C25H31N5OS. The topological polar surface area (TPSA) is 56.6 Å². The summed E-state index contributed by atoms with van der Waals surface area (Å²) in [5.74, 6) is 0. The van der Waals surface area contributed by atoms with Crippen molar-refractivity contribution in [1.82, 2.24) is 19.8 Å². The Morgan fingerprint density at radius 2 is 1.88 bits per heavy atom. The number of aliphatic hydroxyl groups excluding tert-OH is 1. The summed E-state index contributed by atoms with van der Waals surface area (Å²) in [6, 6.07) is 16.8. The van der Waals surface area contributed by atoms with E-state index in [1.165, 1.54) is 22.6 Å². The van der Waals surface area contributed by atoms with Gasteiger partial charge in [-0.2, -0.15) is 0 Å². The van der Waals surface area contributed by atoms with Gasteiger partial charge in [0.15, 0.2) is 5.11 Å². The van der Waals surface area contributed by atoms with Gasteiger partial charge in [-0.15, -0.1) is 0 Å². The molecule has 0 aliphatic carbocycles. The summed E-state index contributed by atoms with van der Waals surface area (Å²) in [5.41, 5.74) is 6.86. The summed E-state index contributed by atoms with van der Waals surface area (Å²) in [6.07, 6.45) is 2.49. The van der Waals surface area contributed by atoms with E-state index < -0.39 is 0 Å². The minimum Gasteiger partial charge on any atom is -0.396 e. The van der Waals surface area contributed by atoms with Crippen molar-refractivity contribution in [1.29, 1.82) is 0 Å². The molecule has 1 aliphatic heterocycles. The second-order valence-corrected chi connectivity index (χ2v) is 8.86. The average Bonchev–Trinajstić information content (AvgIpc) is 3.27. The lowest BCUT2D eigenvalue weighted by Gasteiger charge is -2.28. The van der Waals surface area contributed by atoms with Crippen LogP contribution in [-0.4, -0.2) is 51.9 Å². The highest BCUT2D eigenvalue weighted by molar-refractivity contribution is 7.80. The lowest BCUT2D eigenvalue weighted by molar-refractivity contribution is 0.247. The molecule has 1 aliphatic rings. The number of hydrogen-bond acceptors (Lipinski definition) is 4. The van der Waals surface area contributed by atoms with Gasteiger partial charge in [-0.05, 0) is 80.5 Å². The number of aromatic nitrogens is 2. The number of anilines is 1. The summed E-state index contributed by atoms with van der Waals surface area (Å²) in [6.45, 7) is 5.14. The van der Waals surface area contributed by atoms with Crippen LogP contribution in [0, 0.1) is 13.8 Å². The summed E-state index contributed by atoms with van der Waals surface area (Å²) in [4.78, 5) is 8.92. The highest BCUT2D eigenvalue weighted by atomic mass is 32.1. The minimum atomic E-state index is -0.0486. The largest absolute Gasteiger partial charge is 0.396 e. The van der Waals surface area contributed by atoms with Gasteiger partial charge in [0, 0.05) is 56.2 Å². The Balaban J connectivity index is 1.78. The van der Waals surface area contributed by atoms with Crippen LogP contribution in [0.25, 0.3) is 5.69 Å². The van der Waals surface area contributed by atoms with Gasteiger partial charge in [0.25, 0.3) is 0 Å². The summed E-state index contributed by atoms with van der Waals surface area (Å²) >= 11 is 5.72. The maximum Gasteiger partial charge on any atom is 0.170 e. The van der Waals surface area contributed by atoms with Crippen molar-refractivity contribution in [2.45, 2.75) is 32.4 Å². The first kappa shape index (κ1) is 22.3. The second-order valence-electron chi connectivity index (χ2n) is 8.47. The number of aryl methyl sites for hydroxylation is 1. The zero-order chi connectivity index (χ0) is 22.8. The highest BCUT2D eigenvalue weighted by Crippen LogP contribution is 2.41. The quantitative estimate of drug-likeness (QED) is 0.534. The number of nitrogens with one attached hydrogen (secondary N) is 1. The standard InChI is InChI=1S/C25H31N5OS/c1-17-16-21(18(2)30(17)20-11-9-19(10-12-20)28(3)4)24-23(22-8-5-6-13-26-22)27-25(32)29(24)14-7-15-31/h5-6,8-13,16,23-24,31H,7,14-15H2,1-4H3,(H,27,32)/t23-,24-/m0/s1. The third-order valence-electron chi connectivity index (χ3n) is 6.17. The first-order chi connectivity index (χ1) is 15.4. The Kier molecular flexibility index (Phi) is 6.48. The molecule has 32 heavy (non-hydrogen) atoms. The molecule has 7 heteroatoms. The van der Waals surface area contributed by atoms with Gasteiger partial charge in [-0.1, -0.05) is 6.07 Å². The fourth-order valence-electron chi connectivity index (χ4n) is 4.61. The smallest absolute Gasteiger partial charge is 0.170 e. The van der Waals surface area contributed by atoms with Crippen LogP contribution in [0.2, 0.25) is 0 Å². The van der Waals surface area contributed by atoms with E-state index in [9.17, 15) is 5.11 Å². The zero-order valence-corrected chi connectivity index (χ0v) is 19.9. The second kappa shape index (κ2) is 9.30. The third-order valence-corrected chi connectivity index (χ3v) is 6.52. The average molecular weight is 450 g/mol. The van der Waals surface area contributed by atoms with Crippen molar-refractivity contribution in [2.24, 2.45) is 0 Å². The molecule has 0 amide bonds. The fraction of sp³-hybridized carbons (Fsp3) is 0.360. The van der Waals surface area contributed by atoms with Crippen LogP contribution in [0.3, 0.4) is 0 Å². The fourth-order valence-corrected chi connectivity index (χ4v) is 4.94. The molecule has 0 saturated carbocycles. The Bertz CT molecular complexity index is 1080. The first-order valence-electron chi connectivity index (χ1n) is 11.0. The summed E-state index contributed by atoms with van der Waals surface area (Å²) < 4.78 is 2.30. The van der Waals surface area contributed by atoms with Gasteiger partial charge in [0.1, 0.15) is 0 Å². The van der Waals surface area contributed by atoms with Gasteiger partial charge in [-0.3, -0.25) is 4.98 Å². The van der Waals surface area contributed by atoms with Gasteiger partial charge in [0.2, 0.25) is 0 Å². The molecular weight excluding hydrogens is 418 g/mol. The van der Waals surface area contributed by atoms with Crippen molar-refractivity contribution >= 4 is 23.0 Å². The minimum absolute atomic E-state index is 0.00458. The molecule has 3 heterocycles. The maximum absolute atomic E-state index is 9.46. The van der Waals surface area contributed by atoms with Gasteiger partial charge in [0.05, 0.1) is 17.8 Å². The van der Waals surface area contributed by atoms with Gasteiger partial charge in [-0.25, -0.2) is 0 Å². The zero-order valence-electron chi connectivity index (χ0n) is 19.1. The van der Waals surface area contributed by atoms with E-state index in [1.54, 1.807) is 0 Å². The van der Waals surface area contributed by atoms with Crippen molar-refractivity contribution in [3.8, 4) is 5.69 Å². The lowest BCUT2D eigenvalue weighted by atomic mass is 9.96. The third kappa shape index (κ3) is 4.10. The predicted molar refractivity (Wildman–Crippen MR) is 133 cm³/mol. The number of thiocarbonyl (C=S) groups is 1. The number of rotatable bonds is 7. The number of nitrogens with zero attached hydrogens (tertiary/aromatic N) is 4. The van der Waals surface area contributed by atoms with Crippen molar-refractivity contribution < 1.29 is 5.11 Å². The molecule has 168 valence electrons. The molecule has 1 aromatic carbocycles. The van der Waals surface area contributed by atoms with Crippen LogP contribution in [0.4, 0.5) is 5.69 Å². The number of aliphatic hydroxyl groups is 1. The van der Waals surface area contributed by atoms with Crippen LogP contribution < -0.4 is 10.2 Å². The molecule has 2 atom stereocenters. The lowest BCUT2D eigenvalue weighted by Crippen LogP contribution is -2.31. The van der Waals surface area contributed by atoms with E-state index in [4.69, 9.17) is 12.2 Å². The van der Waals surface area contributed by atoms with Crippen LogP contribution in [-0.2, 0) is 0 Å². The van der Waals surface area contributed by atoms with Crippen LogP contribution in [0.1, 0.15) is 41.1 Å². The van der Waals surface area contributed by atoms with E-state index in [-0.39, 0.29) is 18.7 Å².